The molecule has 0 saturated carbocycles. The number of nitrogens with one attached hydrogen (secondary N) is 1. The molecule has 0 aliphatic carbocycles. The molecule has 0 rings (SSSR count). The summed E-state index contributed by atoms with van der Waals surface area (Å²) in [7, 11) is 1.56. The Hall–Kier alpha value is -0.730. The zero-order valence-corrected chi connectivity index (χ0v) is 6.64. The Morgan fingerprint density at radius 1 is 1.50 bits per heavy atom. The van der Waals surface area contributed by atoms with Crippen LogP contribution in [0.15, 0.2) is 0 Å². The Morgan fingerprint density at radius 2 is 2.20 bits per heavy atom. The first-order chi connectivity index (χ1) is 4.81. The highest BCUT2D eigenvalue weighted by atomic mass is 16.5. The molecule has 0 heterocycles. The summed E-state index contributed by atoms with van der Waals surface area (Å²) in [5, 5.41) is 2.38. The molecule has 1 amide bonds. The molecule has 0 aromatic carbocycles. The van der Waals surface area contributed by atoms with Crippen LogP contribution >= 0.6 is 0 Å². The van der Waals surface area contributed by atoms with E-state index in [0.29, 0.717) is 6.61 Å². The second-order valence-electron chi connectivity index (χ2n) is 2.09. The van der Waals surface area contributed by atoms with E-state index in [0.717, 1.165) is 19.3 Å². The smallest absolute Gasteiger partial charge is 0.406 e. The second-order valence-corrected chi connectivity index (χ2v) is 2.09. The van der Waals surface area contributed by atoms with Crippen LogP contribution in [0, 0.1) is 0 Å². The predicted molar refractivity (Wildman–Crippen MR) is 39.9 cm³/mol. The van der Waals surface area contributed by atoms with Crippen molar-refractivity contribution in [3.63, 3.8) is 0 Å². The Morgan fingerprint density at radius 3 is 2.70 bits per heavy atom. The number of carbonyl (C=O) groups excluding carboxylic acids is 1. The molecule has 0 saturated heterocycles. The highest BCUT2D eigenvalue weighted by Crippen LogP contribution is 1.93. The monoisotopic (exact) mass is 145 g/mol. The number of unbranched alkanes of at least 4 members (excludes halogenated alkanes) is 2. The van der Waals surface area contributed by atoms with Crippen LogP contribution in [-0.2, 0) is 4.74 Å². The van der Waals surface area contributed by atoms with Crippen LogP contribution in [0.1, 0.15) is 26.2 Å². The fraction of sp³-hybridized carbons (Fsp3) is 0.857. The number of hydrogen-bond donors (Lipinski definition) is 1. The Bertz CT molecular complexity index is 93.6. The summed E-state index contributed by atoms with van der Waals surface area (Å²) in [6.45, 7) is 2.65. The molecule has 0 aromatic heterocycles. The minimum absolute atomic E-state index is 0.337. The largest absolute Gasteiger partial charge is 0.450 e. The van der Waals surface area contributed by atoms with Crippen molar-refractivity contribution in [2.24, 2.45) is 0 Å². The standard InChI is InChI=1S/C7H15NO2/c1-3-4-5-6-10-7(9)8-2/h3-6H2,1-2H3,(H,8,9). The summed E-state index contributed by atoms with van der Waals surface area (Å²) >= 11 is 0. The average molecular weight is 145 g/mol. The molecule has 0 aliphatic rings. The van der Waals surface area contributed by atoms with Crippen molar-refractivity contribution < 1.29 is 9.53 Å². The third-order valence-electron chi connectivity index (χ3n) is 1.19. The van der Waals surface area contributed by atoms with Crippen molar-refractivity contribution in [1.82, 2.24) is 5.32 Å². The van der Waals surface area contributed by atoms with Gasteiger partial charge in [0.1, 0.15) is 0 Å². The number of hydrogen-bond acceptors (Lipinski definition) is 2. The second kappa shape index (κ2) is 6.39. The number of amides is 1. The number of carbonyl (C=O) groups is 1. The lowest BCUT2D eigenvalue weighted by molar-refractivity contribution is 0.146. The first kappa shape index (κ1) is 9.27. The maximum atomic E-state index is 10.4. The third kappa shape index (κ3) is 5.41. The third-order valence-corrected chi connectivity index (χ3v) is 1.19. The highest BCUT2D eigenvalue weighted by Gasteiger charge is 1.94. The maximum absolute atomic E-state index is 10.4. The summed E-state index contributed by atoms with van der Waals surface area (Å²) in [4.78, 5) is 10.4. The van der Waals surface area contributed by atoms with Crippen LogP contribution in [0.5, 0.6) is 0 Å². The van der Waals surface area contributed by atoms with Gasteiger partial charge in [-0.1, -0.05) is 19.8 Å². The lowest BCUT2D eigenvalue weighted by Crippen LogP contribution is -2.19. The van der Waals surface area contributed by atoms with Crippen LogP contribution < -0.4 is 5.32 Å². The minimum Gasteiger partial charge on any atom is -0.450 e. The molecule has 0 fully saturated rings. The van der Waals surface area contributed by atoms with Gasteiger partial charge in [-0.15, -0.1) is 0 Å². The van der Waals surface area contributed by atoms with Gasteiger partial charge in [0.2, 0.25) is 0 Å². The van der Waals surface area contributed by atoms with E-state index in [1.807, 2.05) is 0 Å². The van der Waals surface area contributed by atoms with Gasteiger partial charge < -0.3 is 10.1 Å². The van der Waals surface area contributed by atoms with Crippen molar-refractivity contribution in [3.05, 3.63) is 0 Å². The summed E-state index contributed by atoms with van der Waals surface area (Å²) in [6, 6.07) is 0. The van der Waals surface area contributed by atoms with E-state index >= 15 is 0 Å². The molecule has 3 heteroatoms. The minimum atomic E-state index is -0.337. The van der Waals surface area contributed by atoms with E-state index < -0.39 is 0 Å². The maximum Gasteiger partial charge on any atom is 0.406 e. The van der Waals surface area contributed by atoms with Gasteiger partial charge in [-0.2, -0.15) is 0 Å². The van der Waals surface area contributed by atoms with Crippen LogP contribution in [0.2, 0.25) is 0 Å². The van der Waals surface area contributed by atoms with Crippen LogP contribution in [0.4, 0.5) is 4.79 Å². The van der Waals surface area contributed by atoms with Gasteiger partial charge in [-0.25, -0.2) is 4.79 Å². The Balaban J connectivity index is 2.96. The van der Waals surface area contributed by atoms with E-state index in [4.69, 9.17) is 4.74 Å². The first-order valence-corrected chi connectivity index (χ1v) is 3.65. The Labute approximate surface area is 61.8 Å². The average Bonchev–Trinajstić information content (AvgIpc) is 1.98. The van der Waals surface area contributed by atoms with Crippen molar-refractivity contribution in [3.8, 4) is 0 Å². The number of rotatable bonds is 4. The van der Waals surface area contributed by atoms with Gasteiger partial charge >= 0.3 is 6.09 Å². The highest BCUT2D eigenvalue weighted by molar-refractivity contribution is 5.66. The molecule has 0 spiro atoms. The molecule has 0 radical (unpaired) electrons. The molecule has 0 aliphatic heterocycles. The number of alkyl carbamates (subject to hydrolysis) is 1. The summed E-state index contributed by atoms with van der Waals surface area (Å²) in [6.07, 6.45) is 2.90. The van der Waals surface area contributed by atoms with Gasteiger partial charge in [-0.05, 0) is 6.42 Å². The topological polar surface area (TPSA) is 38.3 Å². The lowest BCUT2D eigenvalue weighted by atomic mass is 10.3. The summed E-state index contributed by atoms with van der Waals surface area (Å²) < 4.78 is 4.74. The summed E-state index contributed by atoms with van der Waals surface area (Å²) in [5.41, 5.74) is 0. The quantitative estimate of drug-likeness (QED) is 0.609. The van der Waals surface area contributed by atoms with Gasteiger partial charge in [-0.3, -0.25) is 0 Å². The van der Waals surface area contributed by atoms with Crippen LogP contribution in [0.25, 0.3) is 0 Å². The van der Waals surface area contributed by atoms with E-state index in [2.05, 4.69) is 12.2 Å². The molecular weight excluding hydrogens is 130 g/mol. The van der Waals surface area contributed by atoms with Gasteiger partial charge in [0.15, 0.2) is 0 Å². The molecule has 0 unspecified atom stereocenters. The number of ether oxygens (including phenoxy) is 1. The van der Waals surface area contributed by atoms with Crippen molar-refractivity contribution in [2.75, 3.05) is 13.7 Å². The van der Waals surface area contributed by atoms with Crippen molar-refractivity contribution in [1.29, 1.82) is 0 Å². The molecule has 60 valence electrons. The molecule has 0 aromatic rings. The molecule has 3 nitrogen and oxygen atoms in total. The molecular formula is C7H15NO2. The SMILES string of the molecule is CCCCCOC(=O)NC. The summed E-state index contributed by atoms with van der Waals surface area (Å²) in [5.74, 6) is 0. The van der Waals surface area contributed by atoms with Crippen LogP contribution in [-0.4, -0.2) is 19.7 Å². The van der Waals surface area contributed by atoms with Crippen molar-refractivity contribution in [2.45, 2.75) is 26.2 Å². The zero-order chi connectivity index (χ0) is 7.82. The fourth-order valence-electron chi connectivity index (χ4n) is 0.589. The molecule has 0 bridgehead atoms. The molecule has 0 atom stereocenters. The van der Waals surface area contributed by atoms with E-state index in [1.165, 1.54) is 0 Å². The van der Waals surface area contributed by atoms with E-state index in [1.54, 1.807) is 7.05 Å². The lowest BCUT2D eigenvalue weighted by Gasteiger charge is -2.01. The van der Waals surface area contributed by atoms with Gasteiger partial charge in [0, 0.05) is 7.05 Å². The first-order valence-electron chi connectivity index (χ1n) is 3.65. The molecule has 10 heavy (non-hydrogen) atoms. The molecule has 1 N–H and O–H groups in total. The van der Waals surface area contributed by atoms with E-state index in [9.17, 15) is 4.79 Å². The Kier molecular flexibility index (Phi) is 5.92. The normalized spacial score (nSPS) is 9.00. The van der Waals surface area contributed by atoms with Gasteiger partial charge in [0.25, 0.3) is 0 Å². The predicted octanol–water partition coefficient (Wildman–Crippen LogP) is 1.53. The van der Waals surface area contributed by atoms with Crippen molar-refractivity contribution >= 4 is 6.09 Å². The van der Waals surface area contributed by atoms with E-state index in [-0.39, 0.29) is 6.09 Å². The fourth-order valence-corrected chi connectivity index (χ4v) is 0.589. The van der Waals surface area contributed by atoms with Gasteiger partial charge in [0.05, 0.1) is 6.61 Å². The van der Waals surface area contributed by atoms with Crippen LogP contribution in [0.3, 0.4) is 0 Å². The zero-order valence-electron chi connectivity index (χ0n) is 6.64.